The zero-order valence-electron chi connectivity index (χ0n) is 21.3. The Balaban J connectivity index is 1.29. The van der Waals surface area contributed by atoms with Crippen LogP contribution in [0.4, 0.5) is 0 Å². The highest BCUT2D eigenvalue weighted by Crippen LogP contribution is 2.72. The molecule has 4 aliphatic carbocycles. The summed E-state index contributed by atoms with van der Waals surface area (Å²) in [6, 6.07) is 0. The summed E-state index contributed by atoms with van der Waals surface area (Å²) in [7, 11) is 0. The largest absolute Gasteiger partial charge is 0.458 e. The Morgan fingerprint density at radius 1 is 1.09 bits per heavy atom. The van der Waals surface area contributed by atoms with E-state index >= 15 is 0 Å². The van der Waals surface area contributed by atoms with Gasteiger partial charge in [-0.3, -0.25) is 0 Å². The van der Waals surface area contributed by atoms with E-state index in [0.29, 0.717) is 36.5 Å². The molecule has 13 atom stereocenters. The fourth-order valence-corrected chi connectivity index (χ4v) is 9.95. The van der Waals surface area contributed by atoms with E-state index in [0.717, 1.165) is 43.3 Å². The van der Waals surface area contributed by atoms with E-state index in [1.165, 1.54) is 0 Å². The Morgan fingerprint density at radius 2 is 1.82 bits per heavy atom. The maximum Gasteiger partial charge on any atom is 0.333 e. The number of aliphatic hydroxyl groups excluding tert-OH is 2. The molecule has 0 bridgehead atoms. The van der Waals surface area contributed by atoms with Crippen molar-refractivity contribution in [2.24, 2.45) is 40.4 Å². The van der Waals surface area contributed by atoms with Gasteiger partial charge in [-0.1, -0.05) is 26.3 Å². The molecule has 6 heteroatoms. The van der Waals surface area contributed by atoms with Gasteiger partial charge in [-0.2, -0.15) is 0 Å². The summed E-state index contributed by atoms with van der Waals surface area (Å²) in [6.07, 6.45) is 4.01. The lowest BCUT2D eigenvalue weighted by Gasteiger charge is -2.63. The lowest BCUT2D eigenvalue weighted by molar-refractivity contribution is -0.250. The summed E-state index contributed by atoms with van der Waals surface area (Å²) < 4.78 is 12.2. The first-order valence-electron chi connectivity index (χ1n) is 13.5. The minimum absolute atomic E-state index is 0.0274. The molecule has 6 aliphatic rings. The van der Waals surface area contributed by atoms with E-state index in [2.05, 4.69) is 27.7 Å². The second kappa shape index (κ2) is 7.30. The second-order valence-electron chi connectivity index (χ2n) is 13.3. The van der Waals surface area contributed by atoms with Gasteiger partial charge in [0.25, 0.3) is 0 Å². The third-order valence-electron chi connectivity index (χ3n) is 12.2. The maximum atomic E-state index is 12.4. The molecule has 0 radical (unpaired) electrons. The van der Waals surface area contributed by atoms with Crippen LogP contribution in [0.3, 0.4) is 0 Å². The molecule has 0 aromatic heterocycles. The van der Waals surface area contributed by atoms with Crippen molar-refractivity contribution in [3.63, 3.8) is 0 Å². The Kier molecular flexibility index (Phi) is 5.04. The van der Waals surface area contributed by atoms with Crippen molar-refractivity contribution in [3.05, 3.63) is 11.1 Å². The number of ether oxygens (including phenoxy) is 2. The third kappa shape index (κ3) is 2.80. The van der Waals surface area contributed by atoms with Crippen LogP contribution in [0.1, 0.15) is 79.6 Å². The normalized spacial score (nSPS) is 57.2. The average Bonchev–Trinajstić information content (AvgIpc) is 3.50. The van der Waals surface area contributed by atoms with Crippen LogP contribution in [0, 0.1) is 40.4 Å². The fraction of sp³-hybridized carbons (Fsp3) is 0.893. The number of carbonyl (C=O) groups excluding carboxylic acids is 1. The maximum absolute atomic E-state index is 12.4. The molecule has 5 fully saturated rings. The van der Waals surface area contributed by atoms with Crippen LogP contribution in [0.2, 0.25) is 0 Å². The molecule has 0 spiro atoms. The number of carbonyl (C=O) groups is 1. The van der Waals surface area contributed by atoms with Crippen LogP contribution in [0.25, 0.3) is 0 Å². The molecule has 0 aromatic carbocycles. The van der Waals surface area contributed by atoms with Crippen molar-refractivity contribution in [3.8, 4) is 0 Å². The molecule has 6 nitrogen and oxygen atoms in total. The lowest BCUT2D eigenvalue weighted by atomic mass is 9.42. The van der Waals surface area contributed by atoms with Gasteiger partial charge in [-0.25, -0.2) is 4.79 Å². The van der Waals surface area contributed by atoms with Gasteiger partial charge >= 0.3 is 5.97 Å². The van der Waals surface area contributed by atoms with Gasteiger partial charge in [0.15, 0.2) is 0 Å². The summed E-state index contributed by atoms with van der Waals surface area (Å²) in [5.41, 5.74) is 0.234. The molecule has 0 amide bonds. The number of fused-ring (bicyclic) bond motifs is 8. The lowest BCUT2D eigenvalue weighted by Crippen LogP contribution is -2.71. The standard InChI is InChI=1S/C28H42O6/c1-13-10-20(33-25(31)14(13)2)15(3)17-6-7-18-22-19(8-9-26(17,18)4)27(5)21(30)11-16(29)12-28(27,32)24-23(22)34-24/h15-24,29-30,32H,6-12H2,1-5H3. The number of cyclic esters (lactones) is 1. The van der Waals surface area contributed by atoms with E-state index in [1.807, 2.05) is 6.92 Å². The molecule has 4 saturated carbocycles. The Morgan fingerprint density at radius 3 is 2.53 bits per heavy atom. The van der Waals surface area contributed by atoms with Gasteiger partial charge in [0.05, 0.1) is 18.3 Å². The number of hydrogen-bond donors (Lipinski definition) is 3. The Labute approximate surface area is 203 Å². The van der Waals surface area contributed by atoms with E-state index in [1.54, 1.807) is 0 Å². The van der Waals surface area contributed by atoms with Gasteiger partial charge in [0.1, 0.15) is 17.8 Å². The smallest absolute Gasteiger partial charge is 0.333 e. The highest BCUT2D eigenvalue weighted by atomic mass is 16.6. The molecular weight excluding hydrogens is 432 g/mol. The Hall–Kier alpha value is -0.950. The first-order chi connectivity index (χ1) is 15.9. The van der Waals surface area contributed by atoms with E-state index in [9.17, 15) is 20.1 Å². The molecule has 2 heterocycles. The number of hydrogen-bond acceptors (Lipinski definition) is 6. The average molecular weight is 475 g/mol. The van der Waals surface area contributed by atoms with E-state index in [4.69, 9.17) is 9.47 Å². The minimum atomic E-state index is -1.16. The molecule has 2 aliphatic heterocycles. The van der Waals surface area contributed by atoms with Crippen LogP contribution in [-0.4, -0.2) is 57.4 Å². The SMILES string of the molecule is CC1=C(C)C(=O)OC(C(C)C2CCC3C4C5OC5C5(O)CC(O)CC(O)C5(C)C4CCC23C)C1. The predicted molar refractivity (Wildman–Crippen MR) is 126 cm³/mol. The van der Waals surface area contributed by atoms with Gasteiger partial charge in [0.2, 0.25) is 0 Å². The van der Waals surface area contributed by atoms with Crippen LogP contribution in [0.15, 0.2) is 11.1 Å². The predicted octanol–water partition coefficient (Wildman–Crippen LogP) is 3.37. The highest BCUT2D eigenvalue weighted by molar-refractivity contribution is 5.89. The van der Waals surface area contributed by atoms with Crippen molar-refractivity contribution in [1.82, 2.24) is 0 Å². The van der Waals surface area contributed by atoms with Gasteiger partial charge in [-0.05, 0) is 81.0 Å². The van der Waals surface area contributed by atoms with Crippen molar-refractivity contribution >= 4 is 5.97 Å². The van der Waals surface area contributed by atoms with Crippen LogP contribution in [0.5, 0.6) is 0 Å². The van der Waals surface area contributed by atoms with Gasteiger partial charge in [0, 0.05) is 23.8 Å². The molecule has 3 N–H and O–H groups in total. The number of esters is 1. The zero-order valence-corrected chi connectivity index (χ0v) is 21.3. The van der Waals surface area contributed by atoms with Gasteiger partial charge < -0.3 is 24.8 Å². The number of rotatable bonds is 2. The monoisotopic (exact) mass is 474 g/mol. The molecule has 1 saturated heterocycles. The zero-order chi connectivity index (χ0) is 24.4. The summed E-state index contributed by atoms with van der Waals surface area (Å²) in [5, 5.41) is 33.4. The summed E-state index contributed by atoms with van der Waals surface area (Å²) >= 11 is 0. The molecular formula is C28H42O6. The summed E-state index contributed by atoms with van der Waals surface area (Å²) in [5.74, 6) is 1.61. The van der Waals surface area contributed by atoms with Crippen LogP contribution >= 0.6 is 0 Å². The first kappa shape index (κ1) is 23.4. The quantitative estimate of drug-likeness (QED) is 0.419. The second-order valence-corrected chi connectivity index (χ2v) is 13.3. The molecule has 6 rings (SSSR count). The summed E-state index contributed by atoms with van der Waals surface area (Å²) in [4.78, 5) is 12.4. The third-order valence-corrected chi connectivity index (χ3v) is 12.2. The van der Waals surface area contributed by atoms with Crippen LogP contribution < -0.4 is 0 Å². The molecule has 0 aromatic rings. The first-order valence-corrected chi connectivity index (χ1v) is 13.5. The topological polar surface area (TPSA) is 99.5 Å². The number of epoxide rings is 1. The fourth-order valence-electron chi connectivity index (χ4n) is 9.95. The van der Waals surface area contributed by atoms with Crippen molar-refractivity contribution in [1.29, 1.82) is 0 Å². The minimum Gasteiger partial charge on any atom is -0.458 e. The van der Waals surface area contributed by atoms with Crippen molar-refractivity contribution < 1.29 is 29.6 Å². The van der Waals surface area contributed by atoms with Crippen molar-refractivity contribution in [2.45, 2.75) is 116 Å². The summed E-state index contributed by atoms with van der Waals surface area (Å²) in [6.45, 7) is 10.7. The molecule has 190 valence electrons. The van der Waals surface area contributed by atoms with E-state index in [-0.39, 0.29) is 35.6 Å². The van der Waals surface area contributed by atoms with E-state index < -0.39 is 23.2 Å². The molecule has 34 heavy (non-hydrogen) atoms. The number of aliphatic hydroxyl groups is 3. The molecule has 13 unspecified atom stereocenters. The van der Waals surface area contributed by atoms with Gasteiger partial charge in [-0.15, -0.1) is 0 Å². The van der Waals surface area contributed by atoms with Crippen LogP contribution in [-0.2, 0) is 14.3 Å². The van der Waals surface area contributed by atoms with Crippen molar-refractivity contribution in [2.75, 3.05) is 0 Å². The highest BCUT2D eigenvalue weighted by Gasteiger charge is 2.78. The Bertz CT molecular complexity index is 930.